The Morgan fingerprint density at radius 2 is 1.86 bits per heavy atom. The summed E-state index contributed by atoms with van der Waals surface area (Å²) < 4.78 is 0. The van der Waals surface area contributed by atoms with Gasteiger partial charge in [0.1, 0.15) is 0 Å². The van der Waals surface area contributed by atoms with Crippen LogP contribution in [0.1, 0.15) is 29.2 Å². The molecule has 1 aromatic carbocycles. The van der Waals surface area contributed by atoms with Crippen molar-refractivity contribution in [3.63, 3.8) is 0 Å². The fraction of sp³-hybridized carbons (Fsp3) is 0.364. The van der Waals surface area contributed by atoms with Crippen LogP contribution >= 0.6 is 11.6 Å². The van der Waals surface area contributed by atoms with Crippen molar-refractivity contribution in [2.75, 3.05) is 0 Å². The molecule has 0 aliphatic heterocycles. The molecule has 0 aliphatic carbocycles. The minimum Gasteiger partial charge on any atom is -0.411 e. The third kappa shape index (κ3) is 1.75. The van der Waals surface area contributed by atoms with Crippen molar-refractivity contribution < 1.29 is 5.21 Å². The highest BCUT2D eigenvalue weighted by Gasteiger charge is 2.11. The largest absolute Gasteiger partial charge is 0.411 e. The predicted molar refractivity (Wildman–Crippen MR) is 59.7 cm³/mol. The lowest BCUT2D eigenvalue weighted by molar-refractivity contribution is 0.319. The lowest BCUT2D eigenvalue weighted by Crippen LogP contribution is -2.02. The van der Waals surface area contributed by atoms with Gasteiger partial charge < -0.3 is 5.21 Å². The van der Waals surface area contributed by atoms with Crippen molar-refractivity contribution in [2.24, 2.45) is 5.16 Å². The first-order valence-electron chi connectivity index (χ1n) is 4.44. The zero-order valence-electron chi connectivity index (χ0n) is 8.85. The van der Waals surface area contributed by atoms with E-state index in [-0.39, 0.29) is 0 Å². The van der Waals surface area contributed by atoms with Crippen LogP contribution in [0.25, 0.3) is 0 Å². The minimum absolute atomic E-state index is 0.551. The van der Waals surface area contributed by atoms with Crippen LogP contribution in [0.15, 0.2) is 11.2 Å². The van der Waals surface area contributed by atoms with Crippen molar-refractivity contribution in [3.05, 3.63) is 33.3 Å². The Morgan fingerprint density at radius 1 is 1.29 bits per heavy atom. The molecule has 0 fully saturated rings. The predicted octanol–water partition coefficient (Wildman–Crippen LogP) is 3.46. The number of halogens is 1. The fourth-order valence-electron chi connectivity index (χ4n) is 1.53. The van der Waals surface area contributed by atoms with Crippen LogP contribution in [0.2, 0.25) is 5.02 Å². The second-order valence-corrected chi connectivity index (χ2v) is 3.89. The summed E-state index contributed by atoms with van der Waals surface area (Å²) in [5.74, 6) is 0. The number of benzene rings is 1. The molecular weight excluding hydrogens is 198 g/mol. The molecule has 0 bridgehead atoms. The van der Waals surface area contributed by atoms with Crippen molar-refractivity contribution in [1.82, 2.24) is 0 Å². The molecular formula is C11H14ClNO. The summed E-state index contributed by atoms with van der Waals surface area (Å²) in [6.07, 6.45) is 0. The number of hydrogen-bond acceptors (Lipinski definition) is 2. The van der Waals surface area contributed by atoms with E-state index in [0.717, 1.165) is 16.7 Å². The lowest BCUT2D eigenvalue weighted by Gasteiger charge is -2.12. The Labute approximate surface area is 89.2 Å². The molecule has 0 spiro atoms. The molecule has 0 aromatic heterocycles. The average molecular weight is 212 g/mol. The molecule has 0 unspecified atom stereocenters. The number of nitrogens with zero attached hydrogens (tertiary/aromatic N) is 1. The van der Waals surface area contributed by atoms with Gasteiger partial charge in [0.2, 0.25) is 0 Å². The highest BCUT2D eigenvalue weighted by Crippen LogP contribution is 2.26. The van der Waals surface area contributed by atoms with Crippen LogP contribution in [0.4, 0.5) is 0 Å². The number of rotatable bonds is 1. The van der Waals surface area contributed by atoms with Crippen molar-refractivity contribution in [2.45, 2.75) is 27.7 Å². The standard InChI is InChI=1S/C11H14ClNO/c1-6-5-10(12)11(9(4)13-14)8(3)7(6)2/h5,14H,1-4H3/b13-9+. The number of oxime groups is 1. The van der Waals surface area contributed by atoms with Gasteiger partial charge in [0.25, 0.3) is 0 Å². The summed E-state index contributed by atoms with van der Waals surface area (Å²) in [6.45, 7) is 7.78. The maximum atomic E-state index is 8.73. The second-order valence-electron chi connectivity index (χ2n) is 3.49. The van der Waals surface area contributed by atoms with Crippen LogP contribution in [0, 0.1) is 20.8 Å². The molecule has 1 rings (SSSR count). The monoisotopic (exact) mass is 211 g/mol. The quantitative estimate of drug-likeness (QED) is 0.431. The van der Waals surface area contributed by atoms with Gasteiger partial charge >= 0.3 is 0 Å². The highest BCUT2D eigenvalue weighted by molar-refractivity contribution is 6.34. The molecule has 3 heteroatoms. The average Bonchev–Trinajstić information content (AvgIpc) is 2.14. The summed E-state index contributed by atoms with van der Waals surface area (Å²) in [4.78, 5) is 0. The summed E-state index contributed by atoms with van der Waals surface area (Å²) in [7, 11) is 0. The van der Waals surface area contributed by atoms with Crippen LogP contribution < -0.4 is 0 Å². The molecule has 0 atom stereocenters. The van der Waals surface area contributed by atoms with Crippen LogP contribution in [0.5, 0.6) is 0 Å². The highest BCUT2D eigenvalue weighted by atomic mass is 35.5. The number of hydrogen-bond donors (Lipinski definition) is 1. The van der Waals surface area contributed by atoms with Gasteiger partial charge in [-0.05, 0) is 50.5 Å². The Bertz CT molecular complexity index is 397. The van der Waals surface area contributed by atoms with E-state index >= 15 is 0 Å². The van der Waals surface area contributed by atoms with Gasteiger partial charge in [0, 0.05) is 5.56 Å². The summed E-state index contributed by atoms with van der Waals surface area (Å²) in [6, 6.07) is 1.90. The first kappa shape index (κ1) is 11.1. The van der Waals surface area contributed by atoms with E-state index in [9.17, 15) is 0 Å². The van der Waals surface area contributed by atoms with Gasteiger partial charge in [0.05, 0.1) is 10.7 Å². The molecule has 1 N–H and O–H groups in total. The fourth-order valence-corrected chi connectivity index (χ4v) is 1.97. The van der Waals surface area contributed by atoms with E-state index < -0.39 is 0 Å². The maximum Gasteiger partial charge on any atom is 0.0854 e. The van der Waals surface area contributed by atoms with E-state index in [1.165, 1.54) is 5.56 Å². The zero-order chi connectivity index (χ0) is 10.9. The van der Waals surface area contributed by atoms with E-state index in [1.54, 1.807) is 6.92 Å². The van der Waals surface area contributed by atoms with Crippen LogP contribution in [-0.4, -0.2) is 10.9 Å². The topological polar surface area (TPSA) is 32.6 Å². The number of aryl methyl sites for hydroxylation is 1. The van der Waals surface area contributed by atoms with Crippen molar-refractivity contribution in [3.8, 4) is 0 Å². The maximum absolute atomic E-state index is 8.73. The SMILES string of the molecule is C/C(=N\O)c1c(Cl)cc(C)c(C)c1C. The molecule has 2 nitrogen and oxygen atoms in total. The van der Waals surface area contributed by atoms with E-state index in [1.807, 2.05) is 26.8 Å². The van der Waals surface area contributed by atoms with Gasteiger partial charge in [-0.25, -0.2) is 0 Å². The molecule has 0 saturated carbocycles. The van der Waals surface area contributed by atoms with Crippen molar-refractivity contribution >= 4 is 17.3 Å². The second kappa shape index (κ2) is 4.01. The van der Waals surface area contributed by atoms with Gasteiger partial charge in [-0.3, -0.25) is 0 Å². The lowest BCUT2D eigenvalue weighted by atomic mass is 9.96. The van der Waals surface area contributed by atoms with E-state index in [4.69, 9.17) is 16.8 Å². The third-order valence-corrected chi connectivity index (χ3v) is 2.92. The first-order valence-corrected chi connectivity index (χ1v) is 4.82. The summed E-state index contributed by atoms with van der Waals surface area (Å²) in [5.41, 5.74) is 4.80. The molecule has 76 valence electrons. The van der Waals surface area contributed by atoms with Crippen molar-refractivity contribution in [1.29, 1.82) is 0 Å². The summed E-state index contributed by atoms with van der Waals surface area (Å²) in [5, 5.41) is 12.5. The van der Waals surface area contributed by atoms with Gasteiger partial charge in [-0.2, -0.15) is 0 Å². The molecule has 0 radical (unpaired) electrons. The van der Waals surface area contributed by atoms with Gasteiger partial charge in [-0.1, -0.05) is 16.8 Å². The van der Waals surface area contributed by atoms with E-state index in [0.29, 0.717) is 10.7 Å². The van der Waals surface area contributed by atoms with Crippen LogP contribution in [0.3, 0.4) is 0 Å². The van der Waals surface area contributed by atoms with Crippen LogP contribution in [-0.2, 0) is 0 Å². The third-order valence-electron chi connectivity index (χ3n) is 2.62. The minimum atomic E-state index is 0.551. The molecule has 0 heterocycles. The normalized spacial score (nSPS) is 11.9. The molecule has 0 aliphatic rings. The van der Waals surface area contributed by atoms with E-state index in [2.05, 4.69) is 5.16 Å². The van der Waals surface area contributed by atoms with Gasteiger partial charge in [-0.15, -0.1) is 0 Å². The summed E-state index contributed by atoms with van der Waals surface area (Å²) >= 11 is 6.09. The zero-order valence-corrected chi connectivity index (χ0v) is 9.61. The molecule has 0 amide bonds. The Morgan fingerprint density at radius 3 is 2.36 bits per heavy atom. The molecule has 0 saturated heterocycles. The Hall–Kier alpha value is -1.02. The van der Waals surface area contributed by atoms with Gasteiger partial charge in [0.15, 0.2) is 0 Å². The molecule has 14 heavy (non-hydrogen) atoms. The molecule has 1 aromatic rings. The Balaban J connectivity index is 3.52. The smallest absolute Gasteiger partial charge is 0.0854 e. The first-order chi connectivity index (χ1) is 6.49. The Kier molecular flexibility index (Phi) is 3.17.